The summed E-state index contributed by atoms with van der Waals surface area (Å²) in [6, 6.07) is 34.2. The number of anilines is 2. The molecule has 4 aromatic carbocycles. The van der Waals surface area contributed by atoms with E-state index in [0.29, 0.717) is 16.9 Å². The minimum Gasteiger partial charge on any atom is -0.324 e. The highest BCUT2D eigenvalue weighted by Crippen LogP contribution is 2.36. The maximum absolute atomic E-state index is 13.4. The lowest BCUT2D eigenvalue weighted by atomic mass is 10.1. The predicted octanol–water partition coefficient (Wildman–Crippen LogP) is 6.72. The van der Waals surface area contributed by atoms with E-state index in [0.717, 1.165) is 16.0 Å². The van der Waals surface area contributed by atoms with Gasteiger partial charge in [0, 0.05) is 21.8 Å². The van der Waals surface area contributed by atoms with E-state index in [1.54, 1.807) is 12.1 Å². The first-order chi connectivity index (χ1) is 16.1. The molecular formula is C28H24N2O2S. The van der Waals surface area contributed by atoms with E-state index in [1.165, 1.54) is 11.8 Å². The third-order valence-corrected chi connectivity index (χ3v) is 6.48. The van der Waals surface area contributed by atoms with Crippen molar-refractivity contribution in [2.24, 2.45) is 0 Å². The lowest BCUT2D eigenvalue weighted by Gasteiger charge is -2.19. The zero-order chi connectivity index (χ0) is 23.0. The minimum atomic E-state index is -0.421. The minimum absolute atomic E-state index is 0.121. The number of rotatable bonds is 7. The van der Waals surface area contributed by atoms with Crippen LogP contribution in [0.1, 0.15) is 26.7 Å². The van der Waals surface area contributed by atoms with Crippen molar-refractivity contribution in [1.82, 2.24) is 0 Å². The molecule has 33 heavy (non-hydrogen) atoms. The number of carbonyl (C=O) groups excluding carboxylic acids is 2. The molecule has 0 aromatic heterocycles. The largest absolute Gasteiger partial charge is 0.324 e. The van der Waals surface area contributed by atoms with E-state index in [-0.39, 0.29) is 11.8 Å². The third-order valence-electron chi connectivity index (χ3n) is 5.21. The number of nitrogens with one attached hydrogen (secondary N) is 2. The molecule has 5 heteroatoms. The van der Waals surface area contributed by atoms with Gasteiger partial charge in [0.05, 0.1) is 0 Å². The van der Waals surface area contributed by atoms with E-state index in [2.05, 4.69) is 10.6 Å². The molecule has 0 saturated heterocycles. The highest BCUT2D eigenvalue weighted by Gasteiger charge is 2.23. The quantitative estimate of drug-likeness (QED) is 0.306. The zero-order valence-electron chi connectivity index (χ0n) is 18.2. The summed E-state index contributed by atoms with van der Waals surface area (Å²) >= 11 is 1.51. The Bertz CT molecular complexity index is 1230. The summed E-state index contributed by atoms with van der Waals surface area (Å²) in [6.45, 7) is 1.89. The van der Waals surface area contributed by atoms with E-state index < -0.39 is 5.25 Å². The Morgan fingerprint density at radius 1 is 0.667 bits per heavy atom. The lowest BCUT2D eigenvalue weighted by Crippen LogP contribution is -2.20. The summed E-state index contributed by atoms with van der Waals surface area (Å²) in [5.41, 5.74) is 3.63. The summed E-state index contributed by atoms with van der Waals surface area (Å²) in [5, 5.41) is 5.60. The van der Waals surface area contributed by atoms with Crippen LogP contribution in [-0.4, -0.2) is 11.8 Å². The van der Waals surface area contributed by atoms with Gasteiger partial charge in [-0.3, -0.25) is 9.59 Å². The number of hydrogen-bond acceptors (Lipinski definition) is 3. The molecule has 0 heterocycles. The van der Waals surface area contributed by atoms with Crippen LogP contribution in [0.5, 0.6) is 0 Å². The van der Waals surface area contributed by atoms with Gasteiger partial charge in [-0.15, -0.1) is 11.8 Å². The molecule has 2 amide bonds. The molecule has 164 valence electrons. The van der Waals surface area contributed by atoms with Crippen molar-refractivity contribution in [2.45, 2.75) is 17.1 Å². The van der Waals surface area contributed by atoms with Crippen LogP contribution in [0.25, 0.3) is 0 Å². The Morgan fingerprint density at radius 3 is 1.85 bits per heavy atom. The van der Waals surface area contributed by atoms with Crippen LogP contribution in [0.2, 0.25) is 0 Å². The Kier molecular flexibility index (Phi) is 7.22. The average molecular weight is 453 g/mol. The van der Waals surface area contributed by atoms with Gasteiger partial charge in [0.2, 0.25) is 5.91 Å². The van der Waals surface area contributed by atoms with Crippen molar-refractivity contribution >= 4 is 35.0 Å². The SMILES string of the molecule is Cc1c(NC(=O)c2ccccc2)cccc1NC(=O)C(Sc1ccccc1)c1ccccc1. The lowest BCUT2D eigenvalue weighted by molar-refractivity contribution is -0.115. The molecule has 0 fully saturated rings. The highest BCUT2D eigenvalue weighted by atomic mass is 32.2. The summed E-state index contributed by atoms with van der Waals surface area (Å²) in [4.78, 5) is 27.0. The second kappa shape index (κ2) is 10.7. The van der Waals surface area contributed by atoms with Gasteiger partial charge >= 0.3 is 0 Å². The van der Waals surface area contributed by atoms with Crippen LogP contribution >= 0.6 is 11.8 Å². The van der Waals surface area contributed by atoms with Crippen LogP contribution in [0.15, 0.2) is 114 Å². The van der Waals surface area contributed by atoms with E-state index in [1.807, 2.05) is 104 Å². The first-order valence-electron chi connectivity index (χ1n) is 10.7. The molecule has 4 nitrogen and oxygen atoms in total. The van der Waals surface area contributed by atoms with Gasteiger partial charge in [-0.05, 0) is 54.4 Å². The average Bonchev–Trinajstić information content (AvgIpc) is 2.86. The second-order valence-corrected chi connectivity index (χ2v) is 8.69. The maximum atomic E-state index is 13.4. The number of amides is 2. The van der Waals surface area contributed by atoms with E-state index >= 15 is 0 Å². The number of benzene rings is 4. The number of thioether (sulfide) groups is 1. The fourth-order valence-corrected chi connectivity index (χ4v) is 4.47. The molecule has 2 N–H and O–H groups in total. The monoisotopic (exact) mass is 452 g/mol. The Labute approximate surface area is 198 Å². The molecule has 0 aliphatic heterocycles. The predicted molar refractivity (Wildman–Crippen MR) is 136 cm³/mol. The van der Waals surface area contributed by atoms with Crippen molar-refractivity contribution in [3.8, 4) is 0 Å². The number of hydrogen-bond donors (Lipinski definition) is 2. The van der Waals surface area contributed by atoms with Gasteiger partial charge in [-0.25, -0.2) is 0 Å². The van der Waals surface area contributed by atoms with Gasteiger partial charge < -0.3 is 10.6 Å². The van der Waals surface area contributed by atoms with Gasteiger partial charge in [0.15, 0.2) is 0 Å². The van der Waals surface area contributed by atoms with E-state index in [4.69, 9.17) is 0 Å². The van der Waals surface area contributed by atoms with Gasteiger partial charge in [-0.2, -0.15) is 0 Å². The van der Waals surface area contributed by atoms with Crippen molar-refractivity contribution in [3.63, 3.8) is 0 Å². The molecule has 4 rings (SSSR count). The van der Waals surface area contributed by atoms with Crippen LogP contribution < -0.4 is 10.6 Å². The molecular weight excluding hydrogens is 428 g/mol. The standard InChI is InChI=1S/C28H24N2O2S/c1-20-24(29-27(31)22-14-7-3-8-15-22)18-11-19-25(20)30-28(32)26(21-12-5-2-6-13-21)33-23-16-9-4-10-17-23/h2-19,26H,1H3,(H,29,31)(H,30,32). The molecule has 0 aliphatic carbocycles. The third kappa shape index (κ3) is 5.70. The van der Waals surface area contributed by atoms with Crippen molar-refractivity contribution in [3.05, 3.63) is 126 Å². The first kappa shape index (κ1) is 22.4. The van der Waals surface area contributed by atoms with Gasteiger partial charge in [0.1, 0.15) is 5.25 Å². The summed E-state index contributed by atoms with van der Waals surface area (Å²) in [6.07, 6.45) is 0. The molecule has 0 radical (unpaired) electrons. The molecule has 4 aromatic rings. The molecule has 1 unspecified atom stereocenters. The Balaban J connectivity index is 1.55. The normalized spacial score (nSPS) is 11.4. The van der Waals surface area contributed by atoms with Gasteiger partial charge in [0.25, 0.3) is 5.91 Å². The summed E-state index contributed by atoms with van der Waals surface area (Å²) in [7, 11) is 0. The van der Waals surface area contributed by atoms with Crippen molar-refractivity contribution < 1.29 is 9.59 Å². The smallest absolute Gasteiger partial charge is 0.255 e. The molecule has 1 atom stereocenters. The van der Waals surface area contributed by atoms with Crippen LogP contribution in [0.3, 0.4) is 0 Å². The molecule has 0 bridgehead atoms. The highest BCUT2D eigenvalue weighted by molar-refractivity contribution is 8.00. The summed E-state index contributed by atoms with van der Waals surface area (Å²) in [5.74, 6) is -0.311. The summed E-state index contributed by atoms with van der Waals surface area (Å²) < 4.78 is 0. The Morgan fingerprint density at radius 2 is 1.21 bits per heavy atom. The second-order valence-electron chi connectivity index (χ2n) is 7.51. The maximum Gasteiger partial charge on any atom is 0.255 e. The zero-order valence-corrected chi connectivity index (χ0v) is 19.0. The fraction of sp³-hybridized carbons (Fsp3) is 0.0714. The van der Waals surface area contributed by atoms with Gasteiger partial charge in [-0.1, -0.05) is 72.8 Å². The number of carbonyl (C=O) groups is 2. The topological polar surface area (TPSA) is 58.2 Å². The fourth-order valence-electron chi connectivity index (χ4n) is 3.42. The van der Waals surface area contributed by atoms with Crippen LogP contribution in [0, 0.1) is 6.92 Å². The van der Waals surface area contributed by atoms with Crippen molar-refractivity contribution in [1.29, 1.82) is 0 Å². The molecule has 0 aliphatic rings. The first-order valence-corrected chi connectivity index (χ1v) is 11.5. The van der Waals surface area contributed by atoms with Crippen LogP contribution in [-0.2, 0) is 4.79 Å². The van der Waals surface area contributed by atoms with E-state index in [9.17, 15) is 9.59 Å². The van der Waals surface area contributed by atoms with Crippen molar-refractivity contribution in [2.75, 3.05) is 10.6 Å². The van der Waals surface area contributed by atoms with Crippen LogP contribution in [0.4, 0.5) is 11.4 Å². The molecule has 0 spiro atoms. The molecule has 0 saturated carbocycles. The Hall–Kier alpha value is -3.83.